The quantitative estimate of drug-likeness (QED) is 0.0569. The van der Waals surface area contributed by atoms with E-state index in [-0.39, 0.29) is 30.5 Å². The van der Waals surface area contributed by atoms with Crippen LogP contribution in [0, 0.1) is 12.8 Å². The molecule has 4 aromatic heterocycles. The van der Waals surface area contributed by atoms with Crippen LogP contribution < -0.4 is 15.7 Å². The predicted octanol–water partition coefficient (Wildman–Crippen LogP) is 8.52. The van der Waals surface area contributed by atoms with E-state index in [9.17, 15) is 18.4 Å². The molecule has 0 fully saturated rings. The van der Waals surface area contributed by atoms with Crippen molar-refractivity contribution >= 4 is 44.0 Å². The number of hydrogen-bond acceptors (Lipinski definition) is 9. The zero-order chi connectivity index (χ0) is 44.8. The lowest BCUT2D eigenvalue weighted by Gasteiger charge is -2.42. The highest BCUT2D eigenvalue weighted by molar-refractivity contribution is 6.98. The topological polar surface area (TPSA) is 142 Å². The van der Waals surface area contributed by atoms with Crippen molar-refractivity contribution in [1.29, 1.82) is 0 Å². The number of nitrogens with one attached hydrogen (secondary N) is 1. The molecule has 7 rings (SSSR count). The maximum absolute atomic E-state index is 14.8. The van der Waals surface area contributed by atoms with E-state index in [1.807, 2.05) is 112 Å². The van der Waals surface area contributed by atoms with Gasteiger partial charge in [-0.2, -0.15) is 10.1 Å². The van der Waals surface area contributed by atoms with Gasteiger partial charge in [-0.05, 0) is 70.2 Å². The molecule has 3 aromatic carbocycles. The minimum atomic E-state index is -3.54. The fourth-order valence-electron chi connectivity index (χ4n) is 7.76. The van der Waals surface area contributed by atoms with E-state index in [2.05, 4.69) is 45.2 Å². The fraction of sp³-hybridized carbons (Fsp3) is 0.340. The van der Waals surface area contributed by atoms with Crippen LogP contribution in [-0.2, 0) is 35.8 Å². The number of fused-ring (bicyclic) bond motifs is 1. The average Bonchev–Trinajstić information content (AvgIpc) is 4.03. The van der Waals surface area contributed by atoms with Crippen molar-refractivity contribution in [3.63, 3.8) is 0 Å². The number of benzene rings is 3. The second kappa shape index (κ2) is 19.4. The predicted molar refractivity (Wildman–Crippen MR) is 244 cm³/mol. The van der Waals surface area contributed by atoms with Crippen molar-refractivity contribution in [2.75, 3.05) is 11.9 Å². The Labute approximate surface area is 368 Å². The van der Waals surface area contributed by atoms with Crippen molar-refractivity contribution in [3.05, 3.63) is 144 Å². The summed E-state index contributed by atoms with van der Waals surface area (Å²) in [7, 11) is -4.68. The monoisotopic (exact) mass is 891 g/mol. The first kappa shape index (κ1) is 45.4. The van der Waals surface area contributed by atoms with Crippen molar-refractivity contribution in [3.8, 4) is 11.4 Å². The molecule has 0 unspecified atom stereocenters. The third-order valence-electron chi connectivity index (χ3n) is 11.4. The fourth-order valence-corrected chi connectivity index (χ4v) is 12.3. The van der Waals surface area contributed by atoms with E-state index in [0.29, 0.717) is 42.5 Å². The second-order valence-corrected chi connectivity index (χ2v) is 27.5. The van der Waals surface area contributed by atoms with Crippen LogP contribution in [0.5, 0.6) is 0 Å². The minimum Gasteiger partial charge on any atom is -0.424 e. The largest absolute Gasteiger partial charge is 0.424 e. The molecule has 330 valence electrons. The number of amides is 1. The lowest BCUT2D eigenvalue weighted by atomic mass is 9.93. The molecule has 0 spiro atoms. The van der Waals surface area contributed by atoms with Crippen molar-refractivity contribution in [2.45, 2.75) is 90.7 Å². The number of aryl methyl sites for hydroxylation is 1. The second-order valence-electron chi connectivity index (χ2n) is 17.9. The molecule has 0 aliphatic carbocycles. The number of ether oxygens (including phenoxy) is 2. The third-order valence-corrected chi connectivity index (χ3v) is 17.6. The molecule has 0 saturated heterocycles. The smallest absolute Gasteiger partial charge is 0.274 e. The summed E-state index contributed by atoms with van der Waals surface area (Å²) in [5.74, 6) is -1.29. The zero-order valence-electron chi connectivity index (χ0n) is 36.6. The van der Waals surface area contributed by atoms with Gasteiger partial charge in [-0.25, -0.2) is 18.4 Å². The van der Waals surface area contributed by atoms with Gasteiger partial charge in [-0.3, -0.25) is 9.20 Å². The van der Waals surface area contributed by atoms with Crippen molar-refractivity contribution < 1.29 is 32.4 Å². The van der Waals surface area contributed by atoms with Gasteiger partial charge in [0, 0.05) is 50.7 Å². The van der Waals surface area contributed by atoms with Gasteiger partial charge in [0.1, 0.15) is 18.1 Å². The molecule has 2 N–H and O–H groups in total. The van der Waals surface area contributed by atoms with Crippen molar-refractivity contribution in [2.24, 2.45) is 5.92 Å². The first-order chi connectivity index (χ1) is 30.1. The highest BCUT2D eigenvalue weighted by Crippen LogP contribution is 2.43. The number of imidazole rings is 1. The Bertz CT molecular complexity index is 2570. The summed E-state index contributed by atoms with van der Waals surface area (Å²) in [6, 6.07) is 30.8. The van der Waals surface area contributed by atoms with Gasteiger partial charge in [-0.1, -0.05) is 111 Å². The Kier molecular flexibility index (Phi) is 14.0. The van der Waals surface area contributed by atoms with Gasteiger partial charge in [0.25, 0.3) is 14.2 Å². The van der Waals surface area contributed by atoms with E-state index in [1.165, 1.54) is 6.20 Å². The van der Waals surface area contributed by atoms with Crippen LogP contribution in [0.15, 0.2) is 120 Å². The average molecular weight is 892 g/mol. The normalized spacial score (nSPS) is 12.9. The van der Waals surface area contributed by atoms with E-state index in [1.54, 1.807) is 27.4 Å². The van der Waals surface area contributed by atoms with Crippen LogP contribution in [0.4, 0.5) is 14.5 Å². The molecule has 0 radical (unpaired) electrons. The van der Waals surface area contributed by atoms with Gasteiger partial charge in [0.15, 0.2) is 0 Å². The first-order valence-electron chi connectivity index (χ1n) is 21.1. The molecule has 0 saturated carbocycles. The standard InChI is InChI=1S/C47H55F2N7O5Si2/c1-33-17-18-35(45-52-43(61-54-45)27-36(44(48)49)28-47(2,3)63(58,38-13-9-7-10-14-38)39-15-11-8-12-16-39)26-40(33)51-46(57)41-29-50-42-25-34(19-22-56(41)42)30-60-31-37-20-21-55(53-37)32-59-23-24-62(4,5)6/h7-22,25-26,29,36,44,58H,23-24,27-28,30-32H2,1-6H3,(H,51,57)/t36-/m1/s1. The Morgan fingerprint density at radius 1 is 0.921 bits per heavy atom. The van der Waals surface area contributed by atoms with Crippen LogP contribution in [0.25, 0.3) is 17.0 Å². The molecule has 7 aromatic rings. The maximum Gasteiger partial charge on any atom is 0.274 e. The molecule has 1 amide bonds. The Morgan fingerprint density at radius 2 is 1.63 bits per heavy atom. The number of halogens is 2. The molecule has 12 nitrogen and oxygen atoms in total. The number of carbonyl (C=O) groups is 1. The van der Waals surface area contributed by atoms with Gasteiger partial charge < -0.3 is 24.1 Å². The van der Waals surface area contributed by atoms with Crippen LogP contribution >= 0.6 is 0 Å². The van der Waals surface area contributed by atoms with Crippen molar-refractivity contribution in [1.82, 2.24) is 29.3 Å². The number of rotatable bonds is 20. The molecule has 63 heavy (non-hydrogen) atoms. The summed E-state index contributed by atoms with van der Waals surface area (Å²) in [5, 5.41) is 12.2. The summed E-state index contributed by atoms with van der Waals surface area (Å²) >= 11 is 0. The molecular formula is C47H55F2N7O5Si2. The summed E-state index contributed by atoms with van der Waals surface area (Å²) < 4.78 is 50.4. The van der Waals surface area contributed by atoms with Gasteiger partial charge in [-0.15, -0.1) is 0 Å². The summed E-state index contributed by atoms with van der Waals surface area (Å²) in [5.41, 5.74) is 4.46. The number of alkyl halides is 2. The van der Waals surface area contributed by atoms with Gasteiger partial charge in [0.2, 0.25) is 18.1 Å². The highest BCUT2D eigenvalue weighted by atomic mass is 28.4. The summed E-state index contributed by atoms with van der Waals surface area (Å²) in [4.78, 5) is 35.2. The molecule has 0 aliphatic heterocycles. The number of anilines is 1. The summed E-state index contributed by atoms with van der Waals surface area (Å²) in [6.07, 6.45) is 2.31. The van der Waals surface area contributed by atoms with E-state index < -0.39 is 33.8 Å². The molecule has 0 aliphatic rings. The summed E-state index contributed by atoms with van der Waals surface area (Å²) in [6.45, 7) is 14.4. The lowest BCUT2D eigenvalue weighted by Crippen LogP contribution is -2.65. The maximum atomic E-state index is 14.8. The molecular weight excluding hydrogens is 837 g/mol. The number of hydrogen-bond donors (Lipinski definition) is 2. The SMILES string of the molecule is Cc1ccc(-c2noc(C[C@H](CC(C)(C)[Si](O)(c3ccccc3)c3ccccc3)C(F)F)n2)cc1NC(=O)c1cnc2cc(COCc3ccn(COCC[Si](C)(C)C)n3)ccn12. The molecule has 4 heterocycles. The van der Waals surface area contributed by atoms with Gasteiger partial charge in [0.05, 0.1) is 25.1 Å². The van der Waals surface area contributed by atoms with Gasteiger partial charge >= 0.3 is 0 Å². The Hall–Kier alpha value is -5.66. The van der Waals surface area contributed by atoms with E-state index >= 15 is 0 Å². The van der Waals surface area contributed by atoms with Crippen LogP contribution in [-0.4, -0.2) is 69.4 Å². The van der Waals surface area contributed by atoms with Crippen LogP contribution in [0.1, 0.15) is 53.5 Å². The van der Waals surface area contributed by atoms with E-state index in [4.69, 9.17) is 14.0 Å². The van der Waals surface area contributed by atoms with E-state index in [0.717, 1.165) is 39.8 Å². The first-order valence-corrected chi connectivity index (χ1v) is 26.8. The number of carbonyl (C=O) groups excluding carboxylic acids is 1. The highest BCUT2D eigenvalue weighted by Gasteiger charge is 2.51. The Morgan fingerprint density at radius 3 is 2.32 bits per heavy atom. The van der Waals surface area contributed by atoms with Crippen LogP contribution in [0.3, 0.4) is 0 Å². The van der Waals surface area contributed by atoms with Crippen LogP contribution in [0.2, 0.25) is 30.7 Å². The zero-order valence-corrected chi connectivity index (χ0v) is 38.6. The Balaban J connectivity index is 0.976. The third kappa shape index (κ3) is 10.9. The lowest BCUT2D eigenvalue weighted by molar-refractivity contribution is 0.0609. The molecule has 0 bridgehead atoms. The molecule has 1 atom stereocenters. The minimum absolute atomic E-state index is 0.0105. The molecule has 16 heteroatoms. The number of nitrogens with zero attached hydrogens (tertiary/aromatic N) is 6. The number of aromatic nitrogens is 6. The number of pyridine rings is 1.